The molecule has 1 heterocycles. The number of thioether (sulfide) groups is 1. The van der Waals surface area contributed by atoms with Gasteiger partial charge in [-0.15, -0.1) is 0 Å². The lowest BCUT2D eigenvalue weighted by Crippen LogP contribution is -2.51. The SMILES string of the molecule is NCCCCSC[C@@H]1CCCN1C(=O)[C@@H](Cc1ccccc1)NC(=O)O. The number of nitrogens with one attached hydrogen (secondary N) is 1. The van der Waals surface area contributed by atoms with E-state index in [-0.39, 0.29) is 11.9 Å². The number of rotatable bonds is 10. The van der Waals surface area contributed by atoms with Crippen molar-refractivity contribution in [2.24, 2.45) is 5.73 Å². The average Bonchev–Trinajstić information content (AvgIpc) is 3.09. The summed E-state index contributed by atoms with van der Waals surface area (Å²) in [6.45, 7) is 1.43. The maximum absolute atomic E-state index is 13.0. The van der Waals surface area contributed by atoms with E-state index in [4.69, 9.17) is 10.8 Å². The number of likely N-dealkylation sites (tertiary alicyclic amines) is 1. The monoisotopic (exact) mass is 379 g/mol. The van der Waals surface area contributed by atoms with Crippen molar-refractivity contribution in [1.29, 1.82) is 0 Å². The number of unbranched alkanes of at least 4 members (excludes halogenated alkanes) is 1. The zero-order valence-electron chi connectivity index (χ0n) is 15.1. The van der Waals surface area contributed by atoms with Crippen LogP contribution in [0, 0.1) is 0 Å². The normalized spacial score (nSPS) is 17.9. The quantitative estimate of drug-likeness (QED) is 0.542. The van der Waals surface area contributed by atoms with Gasteiger partial charge in [0.1, 0.15) is 6.04 Å². The van der Waals surface area contributed by atoms with Crippen molar-refractivity contribution in [3.8, 4) is 0 Å². The Morgan fingerprint density at radius 3 is 2.77 bits per heavy atom. The summed E-state index contributed by atoms with van der Waals surface area (Å²) in [5.74, 6) is 1.85. The first-order valence-corrected chi connectivity index (χ1v) is 10.4. The molecule has 26 heavy (non-hydrogen) atoms. The molecule has 2 atom stereocenters. The van der Waals surface area contributed by atoms with Crippen LogP contribution in [0.3, 0.4) is 0 Å². The molecule has 144 valence electrons. The van der Waals surface area contributed by atoms with Crippen molar-refractivity contribution in [2.45, 2.75) is 44.2 Å². The molecule has 1 aliphatic rings. The zero-order valence-corrected chi connectivity index (χ0v) is 15.9. The molecule has 1 aromatic carbocycles. The second-order valence-corrected chi connectivity index (χ2v) is 7.74. The van der Waals surface area contributed by atoms with Crippen LogP contribution in [0.1, 0.15) is 31.2 Å². The van der Waals surface area contributed by atoms with E-state index < -0.39 is 12.1 Å². The Kier molecular flexibility index (Phi) is 8.77. The van der Waals surface area contributed by atoms with Gasteiger partial charge < -0.3 is 21.1 Å². The molecule has 0 spiro atoms. The summed E-state index contributed by atoms with van der Waals surface area (Å²) in [5, 5.41) is 11.6. The summed E-state index contributed by atoms with van der Waals surface area (Å²) in [5.41, 5.74) is 6.46. The Labute approximate surface area is 159 Å². The number of amides is 2. The summed E-state index contributed by atoms with van der Waals surface area (Å²) in [7, 11) is 0. The number of benzene rings is 1. The smallest absolute Gasteiger partial charge is 0.405 e. The third kappa shape index (κ3) is 6.53. The van der Waals surface area contributed by atoms with Crippen molar-refractivity contribution in [2.75, 3.05) is 24.6 Å². The van der Waals surface area contributed by atoms with E-state index in [0.717, 1.165) is 49.3 Å². The molecule has 0 radical (unpaired) electrons. The van der Waals surface area contributed by atoms with Crippen LogP contribution in [0.25, 0.3) is 0 Å². The van der Waals surface area contributed by atoms with Gasteiger partial charge in [0, 0.05) is 24.8 Å². The number of carbonyl (C=O) groups excluding carboxylic acids is 1. The molecule has 1 fully saturated rings. The fraction of sp³-hybridized carbons (Fsp3) is 0.579. The van der Waals surface area contributed by atoms with Crippen molar-refractivity contribution >= 4 is 23.8 Å². The van der Waals surface area contributed by atoms with Gasteiger partial charge in [-0.25, -0.2) is 4.79 Å². The average molecular weight is 380 g/mol. The molecule has 0 saturated carbocycles. The van der Waals surface area contributed by atoms with Crippen molar-refractivity contribution in [3.63, 3.8) is 0 Å². The number of hydrogen-bond donors (Lipinski definition) is 3. The number of nitrogens with zero attached hydrogens (tertiary/aromatic N) is 1. The fourth-order valence-corrected chi connectivity index (χ4v) is 4.46. The van der Waals surface area contributed by atoms with Gasteiger partial charge in [-0.2, -0.15) is 11.8 Å². The van der Waals surface area contributed by atoms with E-state index in [2.05, 4.69) is 5.32 Å². The fourth-order valence-electron chi connectivity index (χ4n) is 3.27. The Morgan fingerprint density at radius 1 is 1.31 bits per heavy atom. The Balaban J connectivity index is 1.95. The first kappa shape index (κ1) is 20.6. The molecule has 0 aliphatic carbocycles. The van der Waals surface area contributed by atoms with E-state index in [1.54, 1.807) is 0 Å². The van der Waals surface area contributed by atoms with Crippen molar-refractivity contribution < 1.29 is 14.7 Å². The molecule has 6 nitrogen and oxygen atoms in total. The number of hydrogen-bond acceptors (Lipinski definition) is 4. The predicted octanol–water partition coefficient (Wildman–Crippen LogP) is 2.33. The highest BCUT2D eigenvalue weighted by Gasteiger charge is 2.33. The van der Waals surface area contributed by atoms with Gasteiger partial charge in [-0.1, -0.05) is 30.3 Å². The van der Waals surface area contributed by atoms with Crippen LogP contribution in [-0.4, -0.2) is 58.7 Å². The van der Waals surface area contributed by atoms with Crippen LogP contribution in [-0.2, 0) is 11.2 Å². The third-order valence-electron chi connectivity index (χ3n) is 4.59. The highest BCUT2D eigenvalue weighted by atomic mass is 32.2. The molecule has 0 bridgehead atoms. The van der Waals surface area contributed by atoms with Gasteiger partial charge in [0.25, 0.3) is 0 Å². The summed E-state index contributed by atoms with van der Waals surface area (Å²) >= 11 is 1.86. The maximum atomic E-state index is 13.0. The van der Waals surface area contributed by atoms with Crippen LogP contribution in [0.2, 0.25) is 0 Å². The second-order valence-electron chi connectivity index (χ2n) is 6.59. The molecule has 2 amide bonds. The van der Waals surface area contributed by atoms with Crippen LogP contribution in [0.15, 0.2) is 30.3 Å². The third-order valence-corrected chi connectivity index (χ3v) is 5.79. The standard InChI is InChI=1S/C19H29N3O3S/c20-10-4-5-12-26-14-16-9-6-11-22(16)18(23)17(21-19(24)25)13-15-7-2-1-3-8-15/h1-3,7-8,16-17,21H,4-6,9-14,20H2,(H,24,25)/t16-,17+/m0/s1. The zero-order chi connectivity index (χ0) is 18.8. The molecule has 1 aliphatic heterocycles. The van der Waals surface area contributed by atoms with Crippen LogP contribution in [0.5, 0.6) is 0 Å². The number of carboxylic acid groups (broad SMARTS) is 1. The Bertz CT molecular complexity index is 570. The van der Waals surface area contributed by atoms with Gasteiger partial charge >= 0.3 is 6.09 Å². The minimum Gasteiger partial charge on any atom is -0.465 e. The Hall–Kier alpha value is -1.73. The minimum atomic E-state index is -1.16. The minimum absolute atomic E-state index is 0.110. The van der Waals surface area contributed by atoms with Crippen molar-refractivity contribution in [1.82, 2.24) is 10.2 Å². The maximum Gasteiger partial charge on any atom is 0.405 e. The second kappa shape index (κ2) is 11.1. The van der Waals surface area contributed by atoms with Crippen LogP contribution >= 0.6 is 11.8 Å². The molecule has 4 N–H and O–H groups in total. The molecule has 0 aromatic heterocycles. The molecular weight excluding hydrogens is 350 g/mol. The van der Waals surface area contributed by atoms with E-state index in [1.165, 1.54) is 0 Å². The van der Waals surface area contributed by atoms with E-state index in [0.29, 0.717) is 13.0 Å². The van der Waals surface area contributed by atoms with Crippen LogP contribution in [0.4, 0.5) is 4.79 Å². The lowest BCUT2D eigenvalue weighted by Gasteiger charge is -2.29. The highest BCUT2D eigenvalue weighted by Crippen LogP contribution is 2.23. The first-order valence-electron chi connectivity index (χ1n) is 9.23. The topological polar surface area (TPSA) is 95.7 Å². The Morgan fingerprint density at radius 2 is 2.08 bits per heavy atom. The summed E-state index contributed by atoms with van der Waals surface area (Å²) in [6, 6.07) is 8.99. The van der Waals surface area contributed by atoms with E-state index in [9.17, 15) is 9.59 Å². The van der Waals surface area contributed by atoms with Gasteiger partial charge in [0.15, 0.2) is 0 Å². The lowest BCUT2D eigenvalue weighted by molar-refractivity contribution is -0.133. The highest BCUT2D eigenvalue weighted by molar-refractivity contribution is 7.99. The summed E-state index contributed by atoms with van der Waals surface area (Å²) < 4.78 is 0. The first-order chi connectivity index (χ1) is 12.6. The molecule has 7 heteroatoms. The molecule has 1 saturated heterocycles. The number of carbonyl (C=O) groups is 2. The van der Waals surface area contributed by atoms with E-state index in [1.807, 2.05) is 47.0 Å². The number of nitrogens with two attached hydrogens (primary N) is 1. The van der Waals surface area contributed by atoms with Gasteiger partial charge in [0.05, 0.1) is 0 Å². The van der Waals surface area contributed by atoms with Crippen LogP contribution < -0.4 is 11.1 Å². The summed E-state index contributed by atoms with van der Waals surface area (Å²) in [6.07, 6.45) is 3.30. The molecular formula is C19H29N3O3S. The largest absolute Gasteiger partial charge is 0.465 e. The summed E-state index contributed by atoms with van der Waals surface area (Å²) in [4.78, 5) is 26.1. The van der Waals surface area contributed by atoms with Gasteiger partial charge in [0.2, 0.25) is 5.91 Å². The van der Waals surface area contributed by atoms with E-state index >= 15 is 0 Å². The lowest BCUT2D eigenvalue weighted by atomic mass is 10.0. The van der Waals surface area contributed by atoms with Gasteiger partial charge in [-0.3, -0.25) is 4.79 Å². The van der Waals surface area contributed by atoms with Gasteiger partial charge in [-0.05, 0) is 43.5 Å². The molecule has 1 aromatic rings. The molecule has 2 rings (SSSR count). The molecule has 0 unspecified atom stereocenters. The predicted molar refractivity (Wildman–Crippen MR) is 105 cm³/mol. The van der Waals surface area contributed by atoms with Crippen molar-refractivity contribution in [3.05, 3.63) is 35.9 Å².